The second-order valence-corrected chi connectivity index (χ2v) is 10.4. The van der Waals surface area contributed by atoms with Crippen LogP contribution in [0.1, 0.15) is 50.2 Å². The third kappa shape index (κ3) is 7.17. The van der Waals surface area contributed by atoms with E-state index in [1.807, 2.05) is 9.80 Å². The molecule has 0 unspecified atom stereocenters. The first kappa shape index (κ1) is 25.4. The van der Waals surface area contributed by atoms with E-state index in [2.05, 4.69) is 66.4 Å². The average molecular weight is 476 g/mol. The number of carbonyl (C=O) groups is 2. The number of amides is 2. The lowest BCUT2D eigenvalue weighted by Gasteiger charge is -2.35. The minimum Gasteiger partial charge on any atom is -0.343 e. The van der Waals surface area contributed by atoms with Gasteiger partial charge in [0.2, 0.25) is 11.8 Å². The zero-order chi connectivity index (χ0) is 24.6. The summed E-state index contributed by atoms with van der Waals surface area (Å²) in [5.74, 6) is 1.11. The average Bonchev–Trinajstić information content (AvgIpc) is 2.89. The molecule has 2 aromatic carbocycles. The number of benzene rings is 2. The van der Waals surface area contributed by atoms with Gasteiger partial charge in [0.15, 0.2) is 0 Å². The van der Waals surface area contributed by atoms with Gasteiger partial charge in [-0.05, 0) is 88.7 Å². The van der Waals surface area contributed by atoms with E-state index in [9.17, 15) is 9.59 Å². The lowest BCUT2D eigenvalue weighted by atomic mass is 9.90. The van der Waals surface area contributed by atoms with Gasteiger partial charge in [0.1, 0.15) is 0 Å². The fourth-order valence-electron chi connectivity index (χ4n) is 5.57. The maximum atomic E-state index is 13.6. The van der Waals surface area contributed by atoms with Gasteiger partial charge in [-0.2, -0.15) is 0 Å². The molecule has 0 aliphatic carbocycles. The van der Waals surface area contributed by atoms with Crippen LogP contribution in [0.4, 0.5) is 5.69 Å². The summed E-state index contributed by atoms with van der Waals surface area (Å²) < 4.78 is 0. The summed E-state index contributed by atoms with van der Waals surface area (Å²) in [4.78, 5) is 31.7. The highest BCUT2D eigenvalue weighted by molar-refractivity contribution is 5.95. The molecule has 2 fully saturated rings. The van der Waals surface area contributed by atoms with Crippen molar-refractivity contribution in [2.45, 2.75) is 52.4 Å². The van der Waals surface area contributed by atoms with Crippen molar-refractivity contribution in [3.63, 3.8) is 0 Å². The molecule has 2 saturated heterocycles. The number of piperidine rings is 2. The van der Waals surface area contributed by atoms with Crippen molar-refractivity contribution in [2.75, 3.05) is 44.2 Å². The van der Waals surface area contributed by atoms with E-state index in [0.29, 0.717) is 13.1 Å². The van der Waals surface area contributed by atoms with Gasteiger partial charge in [0.25, 0.3) is 0 Å². The van der Waals surface area contributed by atoms with E-state index in [1.165, 1.54) is 30.4 Å². The van der Waals surface area contributed by atoms with Crippen LogP contribution in [0.15, 0.2) is 54.6 Å². The van der Waals surface area contributed by atoms with Gasteiger partial charge in [-0.15, -0.1) is 0 Å². The monoisotopic (exact) mass is 475 g/mol. The summed E-state index contributed by atoms with van der Waals surface area (Å²) in [6.45, 7) is 9.16. The maximum Gasteiger partial charge on any atom is 0.230 e. The summed E-state index contributed by atoms with van der Waals surface area (Å²) in [7, 11) is 0. The van der Waals surface area contributed by atoms with Crippen LogP contribution in [-0.2, 0) is 16.0 Å². The molecule has 0 N–H and O–H groups in total. The Morgan fingerprint density at radius 3 is 2.17 bits per heavy atom. The second kappa shape index (κ2) is 12.3. The number of likely N-dealkylation sites (tertiary alicyclic amines) is 2. The zero-order valence-electron chi connectivity index (χ0n) is 21.5. The minimum atomic E-state index is 0.000587. The SMILES string of the molecule is CC(=O)N1CCC(C(=O)N(CCCN2CCC(Cc3ccccc3)CC2)c2ccc(C)cc2)CC1. The Morgan fingerprint density at radius 1 is 0.886 bits per heavy atom. The molecule has 188 valence electrons. The quantitative estimate of drug-likeness (QED) is 0.544. The van der Waals surface area contributed by atoms with Crippen LogP contribution in [-0.4, -0.2) is 60.9 Å². The van der Waals surface area contributed by atoms with Crippen molar-refractivity contribution in [1.29, 1.82) is 0 Å². The predicted octanol–water partition coefficient (Wildman–Crippen LogP) is 4.93. The summed E-state index contributed by atoms with van der Waals surface area (Å²) in [6, 6.07) is 19.2. The van der Waals surface area contributed by atoms with Gasteiger partial charge in [0, 0.05) is 38.2 Å². The van der Waals surface area contributed by atoms with Gasteiger partial charge in [-0.25, -0.2) is 0 Å². The Labute approximate surface area is 211 Å². The largest absolute Gasteiger partial charge is 0.343 e. The standard InChI is InChI=1S/C30H41N3O2/c1-24-9-11-29(12-10-24)33(30(35)28-15-21-32(22-16-28)25(2)34)18-6-17-31-19-13-27(14-20-31)23-26-7-4-3-5-8-26/h3-5,7-12,27-28H,6,13-23H2,1-2H3. The van der Waals surface area contributed by atoms with E-state index in [1.54, 1.807) is 6.92 Å². The van der Waals surface area contributed by atoms with Gasteiger partial charge >= 0.3 is 0 Å². The molecule has 0 saturated carbocycles. The first-order valence-electron chi connectivity index (χ1n) is 13.4. The number of hydrogen-bond donors (Lipinski definition) is 0. The molecule has 0 spiro atoms. The highest BCUT2D eigenvalue weighted by Crippen LogP contribution is 2.25. The third-order valence-electron chi connectivity index (χ3n) is 7.83. The first-order valence-corrected chi connectivity index (χ1v) is 13.4. The summed E-state index contributed by atoms with van der Waals surface area (Å²) >= 11 is 0. The molecule has 0 radical (unpaired) electrons. The molecule has 0 bridgehead atoms. The number of aryl methyl sites for hydroxylation is 1. The summed E-state index contributed by atoms with van der Waals surface area (Å²) in [6.07, 6.45) is 6.20. The van der Waals surface area contributed by atoms with Crippen molar-refractivity contribution in [1.82, 2.24) is 9.80 Å². The normalized spacial score (nSPS) is 17.9. The Balaban J connectivity index is 1.29. The van der Waals surface area contributed by atoms with Crippen LogP contribution >= 0.6 is 0 Å². The molecule has 5 heteroatoms. The van der Waals surface area contributed by atoms with E-state index >= 15 is 0 Å². The van der Waals surface area contributed by atoms with Gasteiger partial charge in [-0.3, -0.25) is 9.59 Å². The van der Waals surface area contributed by atoms with Gasteiger partial charge < -0.3 is 14.7 Å². The molecule has 0 atom stereocenters. The molecule has 2 aliphatic heterocycles. The molecule has 2 aliphatic rings. The van der Waals surface area contributed by atoms with Crippen molar-refractivity contribution in [2.24, 2.45) is 11.8 Å². The Kier molecular flexibility index (Phi) is 8.97. The molecule has 5 nitrogen and oxygen atoms in total. The molecule has 35 heavy (non-hydrogen) atoms. The smallest absolute Gasteiger partial charge is 0.230 e. The van der Waals surface area contributed by atoms with E-state index < -0.39 is 0 Å². The fourth-order valence-corrected chi connectivity index (χ4v) is 5.57. The van der Waals surface area contributed by atoms with Crippen LogP contribution in [0.5, 0.6) is 0 Å². The minimum absolute atomic E-state index is 0.000587. The van der Waals surface area contributed by atoms with E-state index in [-0.39, 0.29) is 17.7 Å². The third-order valence-corrected chi connectivity index (χ3v) is 7.83. The Morgan fingerprint density at radius 2 is 1.54 bits per heavy atom. The fraction of sp³-hybridized carbons (Fsp3) is 0.533. The molecule has 0 aromatic heterocycles. The lowest BCUT2D eigenvalue weighted by Crippen LogP contribution is -2.45. The van der Waals surface area contributed by atoms with Crippen LogP contribution in [0.25, 0.3) is 0 Å². The zero-order valence-corrected chi connectivity index (χ0v) is 21.5. The van der Waals surface area contributed by atoms with Crippen molar-refractivity contribution < 1.29 is 9.59 Å². The van der Waals surface area contributed by atoms with Gasteiger partial charge in [-0.1, -0.05) is 48.0 Å². The molecule has 2 amide bonds. The van der Waals surface area contributed by atoms with Crippen LogP contribution in [0, 0.1) is 18.8 Å². The predicted molar refractivity (Wildman–Crippen MR) is 142 cm³/mol. The maximum absolute atomic E-state index is 13.6. The van der Waals surface area contributed by atoms with Crippen LogP contribution in [0.2, 0.25) is 0 Å². The molecule has 2 aromatic rings. The summed E-state index contributed by atoms with van der Waals surface area (Å²) in [5.41, 5.74) is 3.65. The summed E-state index contributed by atoms with van der Waals surface area (Å²) in [5, 5.41) is 0. The number of anilines is 1. The van der Waals surface area contributed by atoms with Crippen LogP contribution < -0.4 is 4.90 Å². The Bertz CT molecular complexity index is 943. The van der Waals surface area contributed by atoms with Crippen molar-refractivity contribution in [3.8, 4) is 0 Å². The second-order valence-electron chi connectivity index (χ2n) is 10.4. The van der Waals surface area contributed by atoms with E-state index in [0.717, 1.165) is 57.0 Å². The van der Waals surface area contributed by atoms with Crippen molar-refractivity contribution in [3.05, 3.63) is 65.7 Å². The molecular weight excluding hydrogens is 434 g/mol. The number of rotatable bonds is 8. The van der Waals surface area contributed by atoms with E-state index in [4.69, 9.17) is 0 Å². The molecule has 2 heterocycles. The van der Waals surface area contributed by atoms with Crippen molar-refractivity contribution >= 4 is 17.5 Å². The highest BCUT2D eigenvalue weighted by Gasteiger charge is 2.30. The molecule has 4 rings (SSSR count). The Hall–Kier alpha value is -2.66. The number of nitrogens with zero attached hydrogens (tertiary/aromatic N) is 3. The van der Waals surface area contributed by atoms with Crippen LogP contribution in [0.3, 0.4) is 0 Å². The first-order chi connectivity index (χ1) is 17.0. The highest BCUT2D eigenvalue weighted by atomic mass is 16.2. The number of carbonyl (C=O) groups excluding carboxylic acids is 2. The van der Waals surface area contributed by atoms with Gasteiger partial charge in [0.05, 0.1) is 0 Å². The number of hydrogen-bond acceptors (Lipinski definition) is 3. The topological polar surface area (TPSA) is 43.9 Å². The molecular formula is C30H41N3O2. The lowest BCUT2D eigenvalue weighted by molar-refractivity contribution is -0.133.